The summed E-state index contributed by atoms with van der Waals surface area (Å²) in [5.74, 6) is -1.58. The summed E-state index contributed by atoms with van der Waals surface area (Å²) >= 11 is 0. The summed E-state index contributed by atoms with van der Waals surface area (Å²) in [6.45, 7) is 1.71. The molecule has 3 aromatic rings. The highest BCUT2D eigenvalue weighted by atomic mass is 19.1. The molecule has 2 aromatic heterocycles. The Morgan fingerprint density at radius 1 is 1.27 bits per heavy atom. The topological polar surface area (TPSA) is 80.9 Å². The van der Waals surface area contributed by atoms with E-state index in [9.17, 15) is 14.3 Å². The van der Waals surface area contributed by atoms with Crippen LogP contribution in [0.4, 0.5) is 4.39 Å². The average Bonchev–Trinajstić information content (AvgIpc) is 2.93. The Labute approximate surface area is 124 Å². The lowest BCUT2D eigenvalue weighted by atomic mass is 10.1. The van der Waals surface area contributed by atoms with Gasteiger partial charge in [0.15, 0.2) is 5.69 Å². The van der Waals surface area contributed by atoms with Gasteiger partial charge >= 0.3 is 5.97 Å². The van der Waals surface area contributed by atoms with Crippen molar-refractivity contribution < 1.29 is 14.3 Å². The first-order valence-corrected chi connectivity index (χ1v) is 6.45. The van der Waals surface area contributed by atoms with Gasteiger partial charge in [-0.25, -0.2) is 13.9 Å². The van der Waals surface area contributed by atoms with Crippen molar-refractivity contribution in [1.29, 1.82) is 0 Å². The number of aryl methyl sites for hydroxylation is 1. The molecule has 22 heavy (non-hydrogen) atoms. The third-order valence-corrected chi connectivity index (χ3v) is 3.17. The van der Waals surface area contributed by atoms with Gasteiger partial charge in [-0.15, -0.1) is 5.10 Å². The predicted molar refractivity (Wildman–Crippen MR) is 76.2 cm³/mol. The number of carboxylic acids is 1. The zero-order valence-electron chi connectivity index (χ0n) is 11.6. The molecule has 0 fully saturated rings. The van der Waals surface area contributed by atoms with Gasteiger partial charge in [-0.1, -0.05) is 11.3 Å². The van der Waals surface area contributed by atoms with Gasteiger partial charge < -0.3 is 5.11 Å². The molecule has 7 heteroatoms. The molecule has 0 bridgehead atoms. The Morgan fingerprint density at radius 3 is 2.73 bits per heavy atom. The summed E-state index contributed by atoms with van der Waals surface area (Å²) in [5.41, 5.74) is 1.62. The molecule has 0 atom stereocenters. The highest BCUT2D eigenvalue weighted by Crippen LogP contribution is 2.25. The molecule has 6 nitrogen and oxygen atoms in total. The SMILES string of the molecule is Cc1cc(F)ccc1-n1nnc(C(=O)O)c1-c1ccccn1. The highest BCUT2D eigenvalue weighted by Gasteiger charge is 2.23. The molecule has 3 rings (SSSR count). The third kappa shape index (κ3) is 2.32. The molecule has 0 aliphatic heterocycles. The van der Waals surface area contributed by atoms with E-state index in [0.29, 0.717) is 16.9 Å². The van der Waals surface area contributed by atoms with Crippen molar-refractivity contribution in [2.45, 2.75) is 6.92 Å². The first-order chi connectivity index (χ1) is 10.6. The molecular formula is C15H11FN4O2. The third-order valence-electron chi connectivity index (χ3n) is 3.17. The smallest absolute Gasteiger partial charge is 0.358 e. The number of nitrogens with zero attached hydrogens (tertiary/aromatic N) is 4. The van der Waals surface area contributed by atoms with Crippen LogP contribution in [0.1, 0.15) is 16.1 Å². The van der Waals surface area contributed by atoms with E-state index in [1.807, 2.05) is 0 Å². The molecule has 1 aromatic carbocycles. The minimum absolute atomic E-state index is 0.206. The maximum absolute atomic E-state index is 13.3. The fourth-order valence-corrected chi connectivity index (χ4v) is 2.18. The van der Waals surface area contributed by atoms with E-state index in [1.165, 1.54) is 22.9 Å². The van der Waals surface area contributed by atoms with Gasteiger partial charge in [0.25, 0.3) is 0 Å². The van der Waals surface area contributed by atoms with E-state index in [2.05, 4.69) is 15.3 Å². The lowest BCUT2D eigenvalue weighted by molar-refractivity contribution is 0.0691. The van der Waals surface area contributed by atoms with Crippen LogP contribution < -0.4 is 0 Å². The Balaban J connectivity index is 2.27. The van der Waals surface area contributed by atoms with E-state index in [0.717, 1.165) is 0 Å². The zero-order chi connectivity index (χ0) is 15.7. The van der Waals surface area contributed by atoms with Gasteiger partial charge in [0.1, 0.15) is 11.5 Å². The van der Waals surface area contributed by atoms with Crippen molar-refractivity contribution in [3.8, 4) is 17.1 Å². The number of carboxylic acid groups (broad SMARTS) is 1. The second kappa shape index (κ2) is 5.36. The number of hydrogen-bond acceptors (Lipinski definition) is 4. The van der Waals surface area contributed by atoms with Crippen molar-refractivity contribution in [3.63, 3.8) is 0 Å². The monoisotopic (exact) mass is 298 g/mol. The van der Waals surface area contributed by atoms with Crippen molar-refractivity contribution in [2.75, 3.05) is 0 Å². The number of aromatic nitrogens is 4. The molecule has 1 N–H and O–H groups in total. The van der Waals surface area contributed by atoms with Crippen LogP contribution in [-0.4, -0.2) is 31.1 Å². The lowest BCUT2D eigenvalue weighted by Gasteiger charge is -2.09. The van der Waals surface area contributed by atoms with Crippen molar-refractivity contribution in [1.82, 2.24) is 20.0 Å². The number of aromatic carboxylic acids is 1. The van der Waals surface area contributed by atoms with Gasteiger partial charge in [-0.05, 0) is 42.8 Å². The summed E-state index contributed by atoms with van der Waals surface area (Å²) in [7, 11) is 0. The number of hydrogen-bond donors (Lipinski definition) is 1. The maximum atomic E-state index is 13.3. The normalized spacial score (nSPS) is 10.6. The molecule has 0 aliphatic carbocycles. The molecule has 0 saturated heterocycles. The zero-order valence-corrected chi connectivity index (χ0v) is 11.6. The fraction of sp³-hybridized carbons (Fsp3) is 0.0667. The molecule has 0 aliphatic rings. The maximum Gasteiger partial charge on any atom is 0.358 e. The van der Waals surface area contributed by atoms with E-state index in [-0.39, 0.29) is 17.2 Å². The molecule has 110 valence electrons. The average molecular weight is 298 g/mol. The largest absolute Gasteiger partial charge is 0.476 e. The first-order valence-electron chi connectivity index (χ1n) is 6.45. The lowest BCUT2D eigenvalue weighted by Crippen LogP contribution is -2.05. The van der Waals surface area contributed by atoms with Crippen LogP contribution >= 0.6 is 0 Å². The van der Waals surface area contributed by atoms with E-state index in [4.69, 9.17) is 0 Å². The summed E-state index contributed by atoms with van der Waals surface area (Å²) in [4.78, 5) is 15.5. The standard InChI is InChI=1S/C15H11FN4O2/c1-9-8-10(16)5-6-12(9)20-14(11-4-2-3-7-17-11)13(15(21)22)18-19-20/h2-8H,1H3,(H,21,22). The summed E-state index contributed by atoms with van der Waals surface area (Å²) in [6, 6.07) is 9.29. The highest BCUT2D eigenvalue weighted by molar-refractivity contribution is 5.92. The van der Waals surface area contributed by atoms with Gasteiger partial charge in [0.2, 0.25) is 0 Å². The molecule has 0 saturated carbocycles. The molecule has 2 heterocycles. The minimum Gasteiger partial charge on any atom is -0.476 e. The Hall–Kier alpha value is -3.09. The van der Waals surface area contributed by atoms with Crippen molar-refractivity contribution in [3.05, 3.63) is 59.7 Å². The van der Waals surface area contributed by atoms with Crippen LogP contribution in [0.25, 0.3) is 17.1 Å². The van der Waals surface area contributed by atoms with Gasteiger partial charge in [-0.2, -0.15) is 0 Å². The number of halogens is 1. The van der Waals surface area contributed by atoms with Crippen LogP contribution in [0.3, 0.4) is 0 Å². The Bertz CT molecular complexity index is 846. The fourth-order valence-electron chi connectivity index (χ4n) is 2.18. The summed E-state index contributed by atoms with van der Waals surface area (Å²) in [6.07, 6.45) is 1.55. The Kier molecular flexibility index (Phi) is 3.38. The molecular weight excluding hydrogens is 287 g/mol. The molecule has 0 amide bonds. The van der Waals surface area contributed by atoms with Crippen molar-refractivity contribution in [2.24, 2.45) is 0 Å². The van der Waals surface area contributed by atoms with E-state index < -0.39 is 5.97 Å². The van der Waals surface area contributed by atoms with Crippen LogP contribution in [0.5, 0.6) is 0 Å². The van der Waals surface area contributed by atoms with Crippen LogP contribution in [0.15, 0.2) is 42.6 Å². The van der Waals surface area contributed by atoms with E-state index in [1.54, 1.807) is 31.3 Å². The number of rotatable bonds is 3. The predicted octanol–water partition coefficient (Wildman–Crippen LogP) is 2.48. The second-order valence-corrected chi connectivity index (χ2v) is 4.65. The van der Waals surface area contributed by atoms with Crippen LogP contribution in [0, 0.1) is 12.7 Å². The number of pyridine rings is 1. The van der Waals surface area contributed by atoms with Crippen LogP contribution in [0.2, 0.25) is 0 Å². The molecule has 0 unspecified atom stereocenters. The van der Waals surface area contributed by atoms with Gasteiger partial charge in [0, 0.05) is 6.20 Å². The molecule has 0 radical (unpaired) electrons. The number of carbonyl (C=O) groups is 1. The quantitative estimate of drug-likeness (QED) is 0.803. The minimum atomic E-state index is -1.20. The molecule has 0 spiro atoms. The van der Waals surface area contributed by atoms with Crippen molar-refractivity contribution >= 4 is 5.97 Å². The second-order valence-electron chi connectivity index (χ2n) is 4.65. The summed E-state index contributed by atoms with van der Waals surface area (Å²) in [5, 5.41) is 16.9. The van der Waals surface area contributed by atoms with E-state index >= 15 is 0 Å². The first kappa shape index (κ1) is 13.9. The summed E-state index contributed by atoms with van der Waals surface area (Å²) < 4.78 is 14.6. The van der Waals surface area contributed by atoms with Gasteiger partial charge in [-0.3, -0.25) is 4.98 Å². The Morgan fingerprint density at radius 2 is 2.09 bits per heavy atom. The number of benzene rings is 1. The van der Waals surface area contributed by atoms with Gasteiger partial charge in [0.05, 0.1) is 11.4 Å². The van der Waals surface area contributed by atoms with Crippen LogP contribution in [-0.2, 0) is 0 Å².